The van der Waals surface area contributed by atoms with Gasteiger partial charge in [0.2, 0.25) is 0 Å². The molecule has 3 rings (SSSR count). The number of carbonyl (C=O) groups excluding carboxylic acids is 2. The quantitative estimate of drug-likeness (QED) is 0.861. The SMILES string of the molecule is CCN(CC)C(=O)c1ccnc(C(=O)N2c3ccccc3CC2C)c1. The maximum atomic E-state index is 13.0. The van der Waals surface area contributed by atoms with Crippen molar-refractivity contribution in [2.45, 2.75) is 33.2 Å². The fraction of sp³-hybridized carbons (Fsp3) is 0.350. The number of hydrogen-bond donors (Lipinski definition) is 0. The third-order valence-electron chi connectivity index (χ3n) is 4.70. The Hall–Kier alpha value is -2.69. The summed E-state index contributed by atoms with van der Waals surface area (Å²) in [5.41, 5.74) is 2.91. The van der Waals surface area contributed by atoms with Gasteiger partial charge in [-0.25, -0.2) is 0 Å². The third-order valence-corrected chi connectivity index (χ3v) is 4.70. The molecule has 0 bridgehead atoms. The summed E-state index contributed by atoms with van der Waals surface area (Å²) in [4.78, 5) is 33.3. The topological polar surface area (TPSA) is 53.5 Å². The highest BCUT2D eigenvalue weighted by atomic mass is 16.2. The largest absolute Gasteiger partial charge is 0.339 e. The number of nitrogens with zero attached hydrogens (tertiary/aromatic N) is 3. The van der Waals surface area contributed by atoms with E-state index < -0.39 is 0 Å². The second-order valence-electron chi connectivity index (χ2n) is 6.26. The van der Waals surface area contributed by atoms with Gasteiger partial charge < -0.3 is 9.80 Å². The molecule has 5 heteroatoms. The number of para-hydroxylation sites is 1. The molecule has 1 atom stereocenters. The minimum absolute atomic E-state index is 0.0729. The maximum absolute atomic E-state index is 13.0. The van der Waals surface area contributed by atoms with Gasteiger partial charge in [-0.3, -0.25) is 14.6 Å². The molecule has 1 aliphatic heterocycles. The zero-order valence-electron chi connectivity index (χ0n) is 14.9. The first-order valence-electron chi connectivity index (χ1n) is 8.73. The smallest absolute Gasteiger partial charge is 0.277 e. The van der Waals surface area contributed by atoms with Gasteiger partial charge in [0.25, 0.3) is 11.8 Å². The number of carbonyl (C=O) groups is 2. The summed E-state index contributed by atoms with van der Waals surface area (Å²) in [5, 5.41) is 0. The standard InChI is InChI=1S/C20H23N3O2/c1-4-22(5-2)19(24)16-10-11-21-17(13-16)20(25)23-14(3)12-15-8-6-7-9-18(15)23/h6-11,13-14H,4-5,12H2,1-3H3. The van der Waals surface area contributed by atoms with Gasteiger partial charge in [0.1, 0.15) is 5.69 Å². The highest BCUT2D eigenvalue weighted by molar-refractivity contribution is 6.07. The van der Waals surface area contributed by atoms with Crippen molar-refractivity contribution in [2.24, 2.45) is 0 Å². The monoisotopic (exact) mass is 337 g/mol. The molecule has 0 saturated heterocycles. The minimum Gasteiger partial charge on any atom is -0.339 e. The normalized spacial score (nSPS) is 15.8. The molecular weight excluding hydrogens is 314 g/mol. The predicted molar refractivity (Wildman–Crippen MR) is 97.9 cm³/mol. The summed E-state index contributed by atoms with van der Waals surface area (Å²) in [6.07, 6.45) is 2.37. The van der Waals surface area contributed by atoms with Crippen LogP contribution in [0.4, 0.5) is 5.69 Å². The van der Waals surface area contributed by atoms with E-state index in [-0.39, 0.29) is 17.9 Å². The van der Waals surface area contributed by atoms with Crippen LogP contribution in [0.25, 0.3) is 0 Å². The number of benzene rings is 1. The molecule has 1 aromatic carbocycles. The van der Waals surface area contributed by atoms with E-state index in [1.165, 1.54) is 11.8 Å². The van der Waals surface area contributed by atoms with Gasteiger partial charge in [0.15, 0.2) is 0 Å². The average molecular weight is 337 g/mol. The lowest BCUT2D eigenvalue weighted by atomic mass is 10.1. The van der Waals surface area contributed by atoms with Gasteiger partial charge in [-0.2, -0.15) is 0 Å². The number of aromatic nitrogens is 1. The van der Waals surface area contributed by atoms with Gasteiger partial charge in [-0.1, -0.05) is 18.2 Å². The highest BCUT2D eigenvalue weighted by Crippen LogP contribution is 2.32. The van der Waals surface area contributed by atoms with E-state index in [2.05, 4.69) is 4.98 Å². The molecule has 0 spiro atoms. The lowest BCUT2D eigenvalue weighted by molar-refractivity contribution is 0.0773. The van der Waals surface area contributed by atoms with Crippen molar-refractivity contribution in [1.82, 2.24) is 9.88 Å². The van der Waals surface area contributed by atoms with Crippen LogP contribution in [0.5, 0.6) is 0 Å². The number of amides is 2. The summed E-state index contributed by atoms with van der Waals surface area (Å²) < 4.78 is 0. The molecule has 25 heavy (non-hydrogen) atoms. The van der Waals surface area contributed by atoms with E-state index in [4.69, 9.17) is 0 Å². The number of pyridine rings is 1. The lowest BCUT2D eigenvalue weighted by Crippen LogP contribution is -2.36. The Morgan fingerprint density at radius 2 is 1.92 bits per heavy atom. The van der Waals surface area contributed by atoms with Crippen LogP contribution in [0, 0.1) is 0 Å². The summed E-state index contributed by atoms with van der Waals surface area (Å²) in [5.74, 6) is -0.233. The van der Waals surface area contributed by atoms with Crippen LogP contribution in [-0.2, 0) is 6.42 Å². The van der Waals surface area contributed by atoms with E-state index in [9.17, 15) is 9.59 Å². The molecule has 0 saturated carbocycles. The van der Waals surface area contributed by atoms with Crippen molar-refractivity contribution >= 4 is 17.5 Å². The molecule has 1 unspecified atom stereocenters. The van der Waals surface area contributed by atoms with Crippen LogP contribution in [0.15, 0.2) is 42.6 Å². The van der Waals surface area contributed by atoms with E-state index in [1.807, 2.05) is 45.0 Å². The Morgan fingerprint density at radius 1 is 1.20 bits per heavy atom. The van der Waals surface area contributed by atoms with Crippen LogP contribution in [-0.4, -0.2) is 40.8 Å². The summed E-state index contributed by atoms with van der Waals surface area (Å²) >= 11 is 0. The molecule has 0 N–H and O–H groups in total. The first-order chi connectivity index (χ1) is 12.1. The Morgan fingerprint density at radius 3 is 2.64 bits per heavy atom. The molecule has 1 aliphatic rings. The number of fused-ring (bicyclic) bond motifs is 1. The van der Waals surface area contributed by atoms with Gasteiger partial charge in [0.05, 0.1) is 0 Å². The first kappa shape index (κ1) is 17.1. The Labute approximate surface area is 148 Å². The molecule has 0 radical (unpaired) electrons. The van der Waals surface area contributed by atoms with E-state index >= 15 is 0 Å². The van der Waals surface area contributed by atoms with E-state index in [1.54, 1.807) is 21.9 Å². The van der Waals surface area contributed by atoms with Gasteiger partial charge in [0, 0.05) is 36.6 Å². The minimum atomic E-state index is -0.161. The molecule has 2 aromatic rings. The Bertz CT molecular complexity index is 799. The molecule has 130 valence electrons. The molecule has 0 aliphatic carbocycles. The summed E-state index contributed by atoms with van der Waals surface area (Å²) in [7, 11) is 0. The fourth-order valence-electron chi connectivity index (χ4n) is 3.37. The summed E-state index contributed by atoms with van der Waals surface area (Å²) in [6.45, 7) is 7.19. The molecule has 2 heterocycles. The van der Waals surface area contributed by atoms with Crippen molar-refractivity contribution in [3.8, 4) is 0 Å². The van der Waals surface area contributed by atoms with Crippen molar-refractivity contribution < 1.29 is 9.59 Å². The molecule has 0 fully saturated rings. The van der Waals surface area contributed by atoms with Gasteiger partial charge in [-0.05, 0) is 51.0 Å². The van der Waals surface area contributed by atoms with Crippen molar-refractivity contribution in [3.05, 3.63) is 59.4 Å². The second-order valence-corrected chi connectivity index (χ2v) is 6.26. The maximum Gasteiger partial charge on any atom is 0.277 e. The van der Waals surface area contributed by atoms with Crippen LogP contribution >= 0.6 is 0 Å². The molecular formula is C20H23N3O2. The van der Waals surface area contributed by atoms with Crippen molar-refractivity contribution in [2.75, 3.05) is 18.0 Å². The summed E-state index contributed by atoms with van der Waals surface area (Å²) in [6, 6.07) is 11.3. The predicted octanol–water partition coefficient (Wildman–Crippen LogP) is 3.16. The lowest BCUT2D eigenvalue weighted by Gasteiger charge is -2.23. The van der Waals surface area contributed by atoms with E-state index in [0.29, 0.717) is 24.3 Å². The Kier molecular flexibility index (Phi) is 4.83. The van der Waals surface area contributed by atoms with Gasteiger partial charge in [-0.15, -0.1) is 0 Å². The van der Waals surface area contributed by atoms with Crippen LogP contribution < -0.4 is 4.90 Å². The van der Waals surface area contributed by atoms with Crippen molar-refractivity contribution in [3.63, 3.8) is 0 Å². The third kappa shape index (κ3) is 3.14. The molecule has 1 aromatic heterocycles. The fourth-order valence-corrected chi connectivity index (χ4v) is 3.37. The van der Waals surface area contributed by atoms with Crippen LogP contribution in [0.1, 0.15) is 47.2 Å². The van der Waals surface area contributed by atoms with Crippen LogP contribution in [0.3, 0.4) is 0 Å². The first-order valence-corrected chi connectivity index (χ1v) is 8.73. The number of anilines is 1. The number of hydrogen-bond acceptors (Lipinski definition) is 3. The van der Waals surface area contributed by atoms with Crippen molar-refractivity contribution in [1.29, 1.82) is 0 Å². The molecule has 5 nitrogen and oxygen atoms in total. The van der Waals surface area contributed by atoms with Crippen LogP contribution in [0.2, 0.25) is 0 Å². The van der Waals surface area contributed by atoms with E-state index in [0.717, 1.165) is 12.1 Å². The highest BCUT2D eigenvalue weighted by Gasteiger charge is 2.32. The van der Waals surface area contributed by atoms with Gasteiger partial charge >= 0.3 is 0 Å². The zero-order chi connectivity index (χ0) is 18.0. The Balaban J connectivity index is 1.91. The molecule has 2 amide bonds. The average Bonchev–Trinajstić information content (AvgIpc) is 2.97. The zero-order valence-corrected chi connectivity index (χ0v) is 14.9. The number of rotatable bonds is 4. The second kappa shape index (κ2) is 7.05.